The molecule has 0 aromatic carbocycles. The molecule has 0 spiro atoms. The Hall–Kier alpha value is -0.530. The van der Waals surface area contributed by atoms with Gasteiger partial charge in [0.25, 0.3) is 0 Å². The van der Waals surface area contributed by atoms with Crippen LogP contribution in [0.25, 0.3) is 0 Å². The topological polar surface area (TPSA) is 29.1 Å². The zero-order valence-electron chi connectivity index (χ0n) is 6.26. The third-order valence-electron chi connectivity index (χ3n) is 2.69. The summed E-state index contributed by atoms with van der Waals surface area (Å²) >= 11 is 0. The summed E-state index contributed by atoms with van der Waals surface area (Å²) in [5.41, 5.74) is 0. The van der Waals surface area contributed by atoms with Gasteiger partial charge < -0.3 is 5.32 Å². The number of carbonyl (C=O) groups excluding carboxylic acids is 1. The van der Waals surface area contributed by atoms with E-state index < -0.39 is 0 Å². The van der Waals surface area contributed by atoms with E-state index in [1.165, 1.54) is 6.42 Å². The minimum atomic E-state index is 0.308. The van der Waals surface area contributed by atoms with E-state index in [2.05, 4.69) is 12.2 Å². The second kappa shape index (κ2) is 1.97. The minimum absolute atomic E-state index is 0.308. The molecule has 56 valence electrons. The lowest BCUT2D eigenvalue weighted by atomic mass is 10.0. The Labute approximate surface area is 61.0 Å². The molecule has 3 unspecified atom stereocenters. The standard InChI is InChI=1S/C8H13NO/c1-2-6-3-5-4-7(5)8(10)9-6/h5-7H,2-4H2,1H3,(H,9,10). The van der Waals surface area contributed by atoms with Crippen LogP contribution in [-0.2, 0) is 4.79 Å². The summed E-state index contributed by atoms with van der Waals surface area (Å²) in [4.78, 5) is 11.1. The molecule has 2 aliphatic rings. The third-order valence-corrected chi connectivity index (χ3v) is 2.69. The van der Waals surface area contributed by atoms with E-state index in [4.69, 9.17) is 0 Å². The molecule has 1 saturated carbocycles. The van der Waals surface area contributed by atoms with Crippen molar-refractivity contribution in [3.05, 3.63) is 0 Å². The van der Waals surface area contributed by atoms with Gasteiger partial charge in [0.05, 0.1) is 0 Å². The number of hydrogen-bond acceptors (Lipinski definition) is 1. The summed E-state index contributed by atoms with van der Waals surface area (Å²) in [6, 6.07) is 0.483. The van der Waals surface area contributed by atoms with Gasteiger partial charge in [-0.15, -0.1) is 0 Å². The van der Waals surface area contributed by atoms with Gasteiger partial charge in [0.15, 0.2) is 0 Å². The molecule has 1 aliphatic heterocycles. The molecule has 10 heavy (non-hydrogen) atoms. The van der Waals surface area contributed by atoms with Crippen LogP contribution in [0.15, 0.2) is 0 Å². The van der Waals surface area contributed by atoms with Gasteiger partial charge in [-0.25, -0.2) is 0 Å². The van der Waals surface area contributed by atoms with Gasteiger partial charge in [-0.1, -0.05) is 6.92 Å². The average Bonchev–Trinajstić information content (AvgIpc) is 2.66. The van der Waals surface area contributed by atoms with Crippen LogP contribution in [0.2, 0.25) is 0 Å². The van der Waals surface area contributed by atoms with Gasteiger partial charge in [0.1, 0.15) is 0 Å². The summed E-state index contributed by atoms with van der Waals surface area (Å²) < 4.78 is 0. The highest BCUT2D eigenvalue weighted by atomic mass is 16.2. The van der Waals surface area contributed by atoms with Gasteiger partial charge in [-0.05, 0) is 25.2 Å². The van der Waals surface area contributed by atoms with Crippen LogP contribution in [0.1, 0.15) is 26.2 Å². The molecule has 0 aromatic rings. The average molecular weight is 139 g/mol. The fourth-order valence-corrected chi connectivity index (χ4v) is 1.83. The Morgan fingerprint density at radius 1 is 1.60 bits per heavy atom. The normalized spacial score (nSPS) is 44.1. The minimum Gasteiger partial charge on any atom is -0.353 e. The highest BCUT2D eigenvalue weighted by molar-refractivity contribution is 5.82. The zero-order valence-corrected chi connectivity index (χ0v) is 6.26. The molecule has 1 aliphatic carbocycles. The van der Waals surface area contributed by atoms with E-state index >= 15 is 0 Å². The maximum absolute atomic E-state index is 11.1. The molecule has 0 aromatic heterocycles. The number of carbonyl (C=O) groups is 1. The Morgan fingerprint density at radius 2 is 2.40 bits per heavy atom. The monoisotopic (exact) mass is 139 g/mol. The van der Waals surface area contributed by atoms with E-state index in [1.807, 2.05) is 0 Å². The van der Waals surface area contributed by atoms with Crippen molar-refractivity contribution in [3.8, 4) is 0 Å². The summed E-state index contributed by atoms with van der Waals surface area (Å²) in [5, 5.41) is 3.02. The Morgan fingerprint density at radius 3 is 3.00 bits per heavy atom. The number of rotatable bonds is 1. The van der Waals surface area contributed by atoms with Crippen LogP contribution in [0.3, 0.4) is 0 Å². The Balaban J connectivity index is 1.99. The van der Waals surface area contributed by atoms with Crippen molar-refractivity contribution in [2.24, 2.45) is 11.8 Å². The van der Waals surface area contributed by atoms with Gasteiger partial charge in [-0.2, -0.15) is 0 Å². The first kappa shape index (κ1) is 6.20. The maximum atomic E-state index is 11.1. The van der Waals surface area contributed by atoms with Crippen molar-refractivity contribution in [1.82, 2.24) is 5.32 Å². The van der Waals surface area contributed by atoms with Crippen molar-refractivity contribution in [3.63, 3.8) is 0 Å². The van der Waals surface area contributed by atoms with Gasteiger partial charge >= 0.3 is 0 Å². The van der Waals surface area contributed by atoms with E-state index in [0.717, 1.165) is 18.8 Å². The second-order valence-electron chi connectivity index (χ2n) is 3.45. The largest absolute Gasteiger partial charge is 0.353 e. The third kappa shape index (κ3) is 0.825. The molecule has 1 heterocycles. The number of nitrogens with one attached hydrogen (secondary N) is 1. The molecule has 0 bridgehead atoms. The molecule has 2 fully saturated rings. The molecule has 1 saturated heterocycles. The fourth-order valence-electron chi connectivity index (χ4n) is 1.83. The smallest absolute Gasteiger partial charge is 0.223 e. The highest BCUT2D eigenvalue weighted by Crippen LogP contribution is 2.45. The molecule has 2 heteroatoms. The van der Waals surface area contributed by atoms with Crippen molar-refractivity contribution < 1.29 is 4.79 Å². The Kier molecular flexibility index (Phi) is 1.22. The number of hydrogen-bond donors (Lipinski definition) is 1. The lowest BCUT2D eigenvalue weighted by molar-refractivity contribution is -0.124. The van der Waals surface area contributed by atoms with Crippen LogP contribution in [0, 0.1) is 11.8 Å². The molecule has 1 N–H and O–H groups in total. The van der Waals surface area contributed by atoms with Crippen molar-refractivity contribution in [2.45, 2.75) is 32.2 Å². The van der Waals surface area contributed by atoms with E-state index in [9.17, 15) is 4.79 Å². The quantitative estimate of drug-likeness (QED) is 0.575. The predicted molar refractivity (Wildman–Crippen MR) is 38.4 cm³/mol. The number of fused-ring (bicyclic) bond motifs is 1. The maximum Gasteiger partial charge on any atom is 0.223 e. The van der Waals surface area contributed by atoms with Gasteiger partial charge in [0, 0.05) is 12.0 Å². The summed E-state index contributed by atoms with van der Waals surface area (Å²) in [7, 11) is 0. The molecule has 0 radical (unpaired) electrons. The molecule has 3 atom stereocenters. The van der Waals surface area contributed by atoms with Crippen LogP contribution in [-0.4, -0.2) is 11.9 Å². The molecular weight excluding hydrogens is 126 g/mol. The van der Waals surface area contributed by atoms with Crippen molar-refractivity contribution in [1.29, 1.82) is 0 Å². The first-order chi connectivity index (χ1) is 4.81. The Bertz CT molecular complexity index is 167. The van der Waals surface area contributed by atoms with Crippen LogP contribution >= 0.6 is 0 Å². The summed E-state index contributed by atoms with van der Waals surface area (Å²) in [6.45, 7) is 2.13. The molecule has 2 nitrogen and oxygen atoms in total. The van der Waals surface area contributed by atoms with Crippen molar-refractivity contribution in [2.75, 3.05) is 0 Å². The lowest BCUT2D eigenvalue weighted by Crippen LogP contribution is -2.39. The summed E-state index contributed by atoms with van der Waals surface area (Å²) in [5.74, 6) is 1.46. The number of piperidine rings is 1. The first-order valence-electron chi connectivity index (χ1n) is 4.11. The van der Waals surface area contributed by atoms with Gasteiger partial charge in [0.2, 0.25) is 5.91 Å². The molecule has 2 rings (SSSR count). The van der Waals surface area contributed by atoms with E-state index in [-0.39, 0.29) is 0 Å². The second-order valence-corrected chi connectivity index (χ2v) is 3.45. The first-order valence-corrected chi connectivity index (χ1v) is 4.11. The predicted octanol–water partition coefficient (Wildman–Crippen LogP) is 0.921. The van der Waals surface area contributed by atoms with Gasteiger partial charge in [-0.3, -0.25) is 4.79 Å². The van der Waals surface area contributed by atoms with Crippen LogP contribution in [0.4, 0.5) is 0 Å². The summed E-state index contributed by atoms with van der Waals surface area (Å²) in [6.07, 6.45) is 3.48. The van der Waals surface area contributed by atoms with Crippen LogP contribution in [0.5, 0.6) is 0 Å². The van der Waals surface area contributed by atoms with Crippen molar-refractivity contribution >= 4 is 5.91 Å². The van der Waals surface area contributed by atoms with E-state index in [0.29, 0.717) is 17.9 Å². The SMILES string of the molecule is CCC1CC2CC2C(=O)N1. The van der Waals surface area contributed by atoms with E-state index in [1.54, 1.807) is 0 Å². The molecule has 1 amide bonds. The fraction of sp³-hybridized carbons (Fsp3) is 0.875. The van der Waals surface area contributed by atoms with Crippen LogP contribution < -0.4 is 5.32 Å². The number of amides is 1. The molecular formula is C8H13NO. The highest BCUT2D eigenvalue weighted by Gasteiger charge is 2.47. The lowest BCUT2D eigenvalue weighted by Gasteiger charge is -2.20. The zero-order chi connectivity index (χ0) is 7.14.